The summed E-state index contributed by atoms with van der Waals surface area (Å²) in [6.45, 7) is -3.13. The summed E-state index contributed by atoms with van der Waals surface area (Å²) in [6, 6.07) is 11.3. The second kappa shape index (κ2) is 6.76. The third kappa shape index (κ3) is 3.24. The standard InChI is InChI=1S/C17H10ClF2N5O2/c18-10-6-4-9(5-7-10)12-13(11-3-1-2-8-21-11)24-25-14(12)22-16(23-17(25)26)27-15(19)20/h1-8,15H,(H,22,23,26). The quantitative estimate of drug-likeness (QED) is 0.578. The lowest BCUT2D eigenvalue weighted by molar-refractivity contribution is -0.0562. The van der Waals surface area contributed by atoms with Gasteiger partial charge in [-0.25, -0.2) is 4.79 Å². The number of rotatable bonds is 4. The maximum Gasteiger partial charge on any atom is 0.389 e. The molecule has 10 heteroatoms. The summed E-state index contributed by atoms with van der Waals surface area (Å²) >= 11 is 5.95. The molecular weight excluding hydrogens is 380 g/mol. The van der Waals surface area contributed by atoms with Crippen LogP contribution in [0.5, 0.6) is 6.01 Å². The van der Waals surface area contributed by atoms with Gasteiger partial charge in [0.25, 0.3) is 0 Å². The van der Waals surface area contributed by atoms with Gasteiger partial charge in [-0.15, -0.1) is 0 Å². The Balaban J connectivity index is 2.04. The molecule has 0 radical (unpaired) electrons. The van der Waals surface area contributed by atoms with Gasteiger partial charge in [0.15, 0.2) is 5.65 Å². The summed E-state index contributed by atoms with van der Waals surface area (Å²) in [5.74, 6) is 0. The Kier molecular flexibility index (Phi) is 4.28. The van der Waals surface area contributed by atoms with Crippen molar-refractivity contribution in [1.82, 2.24) is 24.6 Å². The summed E-state index contributed by atoms with van der Waals surface area (Å²) in [7, 11) is 0. The van der Waals surface area contributed by atoms with E-state index in [0.717, 1.165) is 4.52 Å². The van der Waals surface area contributed by atoms with Crippen LogP contribution in [0.15, 0.2) is 53.5 Å². The van der Waals surface area contributed by atoms with Crippen LogP contribution in [0, 0.1) is 0 Å². The summed E-state index contributed by atoms with van der Waals surface area (Å²) < 4.78 is 30.3. The van der Waals surface area contributed by atoms with Gasteiger partial charge in [0.05, 0.1) is 11.3 Å². The van der Waals surface area contributed by atoms with Crippen molar-refractivity contribution >= 4 is 17.2 Å². The van der Waals surface area contributed by atoms with Crippen molar-refractivity contribution in [2.75, 3.05) is 0 Å². The summed E-state index contributed by atoms with van der Waals surface area (Å²) in [4.78, 5) is 22.7. The molecule has 3 heterocycles. The first-order valence-corrected chi connectivity index (χ1v) is 8.06. The molecule has 7 nitrogen and oxygen atoms in total. The van der Waals surface area contributed by atoms with Crippen LogP contribution in [0.1, 0.15) is 0 Å². The maximum absolute atomic E-state index is 12.6. The minimum atomic E-state index is -3.13. The third-order valence-electron chi connectivity index (χ3n) is 3.72. The number of pyridine rings is 1. The lowest BCUT2D eigenvalue weighted by atomic mass is 10.0. The number of nitrogens with one attached hydrogen (secondary N) is 1. The van der Waals surface area contributed by atoms with Crippen molar-refractivity contribution in [3.63, 3.8) is 0 Å². The SMILES string of the molecule is O=c1[nH]c(OC(F)F)nc2c(-c3ccc(Cl)cc3)c(-c3ccccn3)nn12. The molecule has 4 rings (SSSR count). The minimum Gasteiger partial charge on any atom is -0.402 e. The molecule has 0 aliphatic rings. The first-order chi connectivity index (χ1) is 13.0. The molecule has 0 unspecified atom stereocenters. The molecule has 0 atom stereocenters. The van der Waals surface area contributed by atoms with Gasteiger partial charge < -0.3 is 4.74 Å². The van der Waals surface area contributed by atoms with Gasteiger partial charge in [-0.3, -0.25) is 9.97 Å². The lowest BCUT2D eigenvalue weighted by Crippen LogP contribution is -2.20. The zero-order chi connectivity index (χ0) is 19.0. The second-order valence-electron chi connectivity index (χ2n) is 5.41. The van der Waals surface area contributed by atoms with Crippen molar-refractivity contribution in [2.24, 2.45) is 0 Å². The second-order valence-corrected chi connectivity index (χ2v) is 5.84. The summed E-state index contributed by atoms with van der Waals surface area (Å²) in [5, 5.41) is 4.79. The molecule has 0 amide bonds. The molecule has 0 saturated carbocycles. The molecule has 3 aromatic heterocycles. The fourth-order valence-corrected chi connectivity index (χ4v) is 2.75. The molecule has 1 aromatic carbocycles. The topological polar surface area (TPSA) is 85.2 Å². The fraction of sp³-hybridized carbons (Fsp3) is 0.0588. The van der Waals surface area contributed by atoms with Gasteiger partial charge in [-0.05, 0) is 29.8 Å². The number of hydrogen-bond acceptors (Lipinski definition) is 5. The molecule has 0 fully saturated rings. The Morgan fingerprint density at radius 1 is 1.15 bits per heavy atom. The van der Waals surface area contributed by atoms with Crippen LogP contribution in [0.4, 0.5) is 8.78 Å². The highest BCUT2D eigenvalue weighted by Crippen LogP contribution is 2.33. The zero-order valence-corrected chi connectivity index (χ0v) is 14.2. The number of hydrogen-bond donors (Lipinski definition) is 1. The normalized spacial score (nSPS) is 11.3. The predicted octanol–water partition coefficient (Wildman–Crippen LogP) is 3.40. The Bertz CT molecular complexity index is 1160. The lowest BCUT2D eigenvalue weighted by Gasteiger charge is -2.05. The molecule has 0 bridgehead atoms. The van der Waals surface area contributed by atoms with E-state index < -0.39 is 18.3 Å². The van der Waals surface area contributed by atoms with E-state index in [1.807, 2.05) is 0 Å². The summed E-state index contributed by atoms with van der Waals surface area (Å²) in [5.41, 5.74) is 1.21. The Labute approximate surface area is 155 Å². The van der Waals surface area contributed by atoms with E-state index in [1.165, 1.54) is 0 Å². The van der Waals surface area contributed by atoms with E-state index in [0.29, 0.717) is 27.5 Å². The summed E-state index contributed by atoms with van der Waals surface area (Å²) in [6.07, 6.45) is 1.58. The van der Waals surface area contributed by atoms with Crippen LogP contribution < -0.4 is 10.4 Å². The van der Waals surface area contributed by atoms with Gasteiger partial charge >= 0.3 is 18.3 Å². The number of ether oxygens (including phenoxy) is 1. The molecular formula is C17H10ClF2N5O2. The van der Waals surface area contributed by atoms with E-state index in [1.54, 1.807) is 48.7 Å². The number of fused-ring (bicyclic) bond motifs is 1. The Hall–Kier alpha value is -3.33. The van der Waals surface area contributed by atoms with Crippen LogP contribution in [-0.4, -0.2) is 31.2 Å². The molecule has 27 heavy (non-hydrogen) atoms. The third-order valence-corrected chi connectivity index (χ3v) is 3.97. The van der Waals surface area contributed by atoms with Crippen LogP contribution in [0.25, 0.3) is 28.2 Å². The van der Waals surface area contributed by atoms with E-state index in [-0.39, 0.29) is 5.65 Å². The molecule has 0 aliphatic heterocycles. The van der Waals surface area contributed by atoms with E-state index in [4.69, 9.17) is 11.6 Å². The molecule has 0 saturated heterocycles. The largest absolute Gasteiger partial charge is 0.402 e. The first kappa shape index (κ1) is 17.1. The molecule has 4 aromatic rings. The molecule has 136 valence electrons. The highest BCUT2D eigenvalue weighted by atomic mass is 35.5. The Morgan fingerprint density at radius 2 is 1.93 bits per heavy atom. The van der Waals surface area contributed by atoms with Crippen LogP contribution in [-0.2, 0) is 0 Å². The number of aromatic amines is 1. The number of nitrogens with zero attached hydrogens (tertiary/aromatic N) is 4. The minimum absolute atomic E-state index is 0.0531. The van der Waals surface area contributed by atoms with Gasteiger partial charge in [-0.1, -0.05) is 29.8 Å². The van der Waals surface area contributed by atoms with Crippen molar-refractivity contribution in [3.8, 4) is 28.5 Å². The number of halogens is 3. The predicted molar refractivity (Wildman–Crippen MR) is 93.9 cm³/mol. The number of H-pyrrole nitrogens is 1. The zero-order valence-electron chi connectivity index (χ0n) is 13.4. The smallest absolute Gasteiger partial charge is 0.389 e. The number of benzene rings is 1. The monoisotopic (exact) mass is 389 g/mol. The molecule has 0 aliphatic carbocycles. The van der Waals surface area contributed by atoms with Crippen LogP contribution in [0.2, 0.25) is 5.02 Å². The van der Waals surface area contributed by atoms with E-state index in [9.17, 15) is 13.6 Å². The highest BCUT2D eigenvalue weighted by Gasteiger charge is 2.21. The van der Waals surface area contributed by atoms with Gasteiger partial charge in [0.1, 0.15) is 5.69 Å². The number of alkyl halides is 2. The molecule has 1 N–H and O–H groups in total. The highest BCUT2D eigenvalue weighted by molar-refractivity contribution is 6.30. The first-order valence-electron chi connectivity index (χ1n) is 7.68. The van der Waals surface area contributed by atoms with E-state index >= 15 is 0 Å². The van der Waals surface area contributed by atoms with Crippen LogP contribution >= 0.6 is 11.6 Å². The maximum atomic E-state index is 12.6. The van der Waals surface area contributed by atoms with Gasteiger partial charge in [0, 0.05) is 11.2 Å². The van der Waals surface area contributed by atoms with Gasteiger partial charge in [0.2, 0.25) is 0 Å². The van der Waals surface area contributed by atoms with Crippen molar-refractivity contribution in [3.05, 3.63) is 64.2 Å². The van der Waals surface area contributed by atoms with Crippen molar-refractivity contribution < 1.29 is 13.5 Å². The average Bonchev–Trinajstić information content (AvgIpc) is 3.03. The fourth-order valence-electron chi connectivity index (χ4n) is 2.63. The van der Waals surface area contributed by atoms with E-state index in [2.05, 4.69) is 24.8 Å². The van der Waals surface area contributed by atoms with Gasteiger partial charge in [-0.2, -0.15) is 23.4 Å². The number of aromatic nitrogens is 5. The van der Waals surface area contributed by atoms with Crippen molar-refractivity contribution in [1.29, 1.82) is 0 Å². The van der Waals surface area contributed by atoms with Crippen molar-refractivity contribution in [2.45, 2.75) is 6.61 Å². The average molecular weight is 390 g/mol. The van der Waals surface area contributed by atoms with Crippen LogP contribution in [0.3, 0.4) is 0 Å². The Morgan fingerprint density at radius 3 is 2.59 bits per heavy atom. The molecule has 0 spiro atoms.